The van der Waals surface area contributed by atoms with Gasteiger partial charge in [-0.25, -0.2) is 0 Å². The van der Waals surface area contributed by atoms with Crippen molar-refractivity contribution < 1.29 is 0 Å². The lowest BCUT2D eigenvalue weighted by Gasteiger charge is -2.26. The fourth-order valence-corrected chi connectivity index (χ4v) is 2.02. The highest BCUT2D eigenvalue weighted by atomic mass is 35.5. The van der Waals surface area contributed by atoms with Crippen LogP contribution in [0, 0.1) is 11.8 Å². The highest BCUT2D eigenvalue weighted by Crippen LogP contribution is 2.18. The zero-order chi connectivity index (χ0) is 12.8. The van der Waals surface area contributed by atoms with E-state index < -0.39 is 0 Å². The third-order valence-electron chi connectivity index (χ3n) is 2.75. The van der Waals surface area contributed by atoms with Crippen molar-refractivity contribution in [2.75, 3.05) is 29.9 Å². The van der Waals surface area contributed by atoms with E-state index in [1.807, 2.05) is 0 Å². The molecule has 2 rings (SSSR count). The zero-order valence-corrected chi connectivity index (χ0v) is 11.2. The quantitative estimate of drug-likeness (QED) is 0.847. The van der Waals surface area contributed by atoms with E-state index in [1.54, 1.807) is 6.92 Å². The van der Waals surface area contributed by atoms with E-state index in [0.29, 0.717) is 18.4 Å². The summed E-state index contributed by atoms with van der Waals surface area (Å²) in [4.78, 5) is 14.7. The molecule has 1 saturated heterocycles. The van der Waals surface area contributed by atoms with Crippen molar-refractivity contribution in [3.8, 4) is 11.8 Å². The van der Waals surface area contributed by atoms with Crippen molar-refractivity contribution in [3.05, 3.63) is 5.28 Å². The van der Waals surface area contributed by atoms with Gasteiger partial charge in [0.05, 0.1) is 6.54 Å². The fraction of sp³-hybridized carbons (Fsp3) is 0.583. The van der Waals surface area contributed by atoms with Crippen LogP contribution in [0.25, 0.3) is 0 Å². The molecule has 0 amide bonds. The lowest BCUT2D eigenvalue weighted by Crippen LogP contribution is -2.31. The van der Waals surface area contributed by atoms with Crippen molar-refractivity contribution in [3.63, 3.8) is 0 Å². The van der Waals surface area contributed by atoms with Crippen molar-refractivity contribution >= 4 is 23.5 Å². The Balaban J connectivity index is 2.11. The van der Waals surface area contributed by atoms with E-state index in [1.165, 1.54) is 19.3 Å². The molecule has 0 saturated carbocycles. The lowest BCUT2D eigenvalue weighted by molar-refractivity contribution is 0.567. The third-order valence-corrected chi connectivity index (χ3v) is 2.92. The van der Waals surface area contributed by atoms with Crippen LogP contribution in [0.15, 0.2) is 0 Å². The number of nitrogens with zero attached hydrogens (tertiary/aromatic N) is 4. The van der Waals surface area contributed by atoms with Crippen LogP contribution in [-0.4, -0.2) is 34.6 Å². The van der Waals surface area contributed by atoms with Gasteiger partial charge in [0.15, 0.2) is 0 Å². The van der Waals surface area contributed by atoms with Crippen LogP contribution in [0.1, 0.15) is 26.2 Å². The van der Waals surface area contributed by atoms with Gasteiger partial charge in [0.2, 0.25) is 17.2 Å². The number of hydrogen-bond acceptors (Lipinski definition) is 5. The first-order valence-corrected chi connectivity index (χ1v) is 6.47. The topological polar surface area (TPSA) is 53.9 Å². The molecule has 1 aromatic rings. The van der Waals surface area contributed by atoms with Crippen molar-refractivity contribution in [2.45, 2.75) is 26.2 Å². The van der Waals surface area contributed by atoms with Gasteiger partial charge in [-0.1, -0.05) is 5.92 Å². The van der Waals surface area contributed by atoms with Gasteiger partial charge in [0, 0.05) is 13.1 Å². The fourth-order valence-electron chi connectivity index (χ4n) is 1.87. The van der Waals surface area contributed by atoms with Crippen LogP contribution in [0.5, 0.6) is 0 Å². The summed E-state index contributed by atoms with van der Waals surface area (Å²) in [5, 5.41) is 3.24. The maximum atomic E-state index is 5.92. The minimum atomic E-state index is 0.220. The van der Waals surface area contributed by atoms with Gasteiger partial charge in [-0.2, -0.15) is 15.0 Å². The first-order valence-electron chi connectivity index (χ1n) is 6.09. The monoisotopic (exact) mass is 265 g/mol. The summed E-state index contributed by atoms with van der Waals surface area (Å²) in [7, 11) is 0. The molecule has 1 fully saturated rings. The Hall–Kier alpha value is -1.54. The second-order valence-electron chi connectivity index (χ2n) is 4.06. The number of nitrogens with one attached hydrogen (secondary N) is 1. The smallest absolute Gasteiger partial charge is 0.231 e. The molecular formula is C12H16ClN5. The maximum absolute atomic E-state index is 5.92. The Bertz CT molecular complexity index is 459. The van der Waals surface area contributed by atoms with Gasteiger partial charge in [-0.05, 0) is 37.8 Å². The molecule has 5 nitrogen and oxygen atoms in total. The van der Waals surface area contributed by atoms with Crippen LogP contribution in [-0.2, 0) is 0 Å². The summed E-state index contributed by atoms with van der Waals surface area (Å²) in [5.74, 6) is 6.84. The van der Waals surface area contributed by atoms with E-state index >= 15 is 0 Å². The molecule has 18 heavy (non-hydrogen) atoms. The van der Waals surface area contributed by atoms with Crippen LogP contribution in [0.4, 0.5) is 11.9 Å². The number of piperidine rings is 1. The zero-order valence-electron chi connectivity index (χ0n) is 10.4. The Morgan fingerprint density at radius 3 is 2.72 bits per heavy atom. The van der Waals surface area contributed by atoms with Crippen LogP contribution in [0.3, 0.4) is 0 Å². The number of anilines is 2. The van der Waals surface area contributed by atoms with E-state index in [-0.39, 0.29) is 5.28 Å². The molecule has 6 heteroatoms. The molecule has 0 atom stereocenters. The van der Waals surface area contributed by atoms with Gasteiger partial charge >= 0.3 is 0 Å². The van der Waals surface area contributed by atoms with Crippen LogP contribution in [0.2, 0.25) is 5.28 Å². The van der Waals surface area contributed by atoms with Gasteiger partial charge in [0.1, 0.15) is 0 Å². The molecule has 96 valence electrons. The van der Waals surface area contributed by atoms with E-state index in [2.05, 4.69) is 37.0 Å². The summed E-state index contributed by atoms with van der Waals surface area (Å²) in [6.07, 6.45) is 3.62. The molecule has 1 aliphatic heterocycles. The molecule has 0 bridgehead atoms. The molecular weight excluding hydrogens is 250 g/mol. The Morgan fingerprint density at radius 1 is 1.22 bits per heavy atom. The molecule has 0 spiro atoms. The predicted molar refractivity (Wildman–Crippen MR) is 72.8 cm³/mol. The molecule has 0 aromatic carbocycles. The summed E-state index contributed by atoms with van der Waals surface area (Å²) >= 11 is 5.92. The largest absolute Gasteiger partial charge is 0.343 e. The van der Waals surface area contributed by atoms with Gasteiger partial charge in [-0.15, -0.1) is 5.92 Å². The van der Waals surface area contributed by atoms with E-state index in [4.69, 9.17) is 11.6 Å². The number of halogens is 1. The van der Waals surface area contributed by atoms with Crippen LogP contribution < -0.4 is 10.2 Å². The molecule has 1 aliphatic rings. The van der Waals surface area contributed by atoms with Crippen molar-refractivity contribution in [1.29, 1.82) is 0 Å². The minimum absolute atomic E-state index is 0.220. The average Bonchev–Trinajstić information content (AvgIpc) is 2.39. The van der Waals surface area contributed by atoms with Crippen molar-refractivity contribution in [1.82, 2.24) is 15.0 Å². The summed E-state index contributed by atoms with van der Waals surface area (Å²) < 4.78 is 0. The first-order chi connectivity index (χ1) is 8.79. The Morgan fingerprint density at radius 2 is 2.00 bits per heavy atom. The van der Waals surface area contributed by atoms with Crippen molar-refractivity contribution in [2.24, 2.45) is 0 Å². The standard InChI is InChI=1S/C12H16ClN5/c1-2-3-7-14-11-15-10(13)16-12(17-11)18-8-5-4-6-9-18/h4-9H2,1H3,(H,14,15,16,17). The van der Waals surface area contributed by atoms with Gasteiger partial charge in [0.25, 0.3) is 0 Å². The summed E-state index contributed by atoms with van der Waals surface area (Å²) in [6.45, 7) is 4.26. The Labute approximate surface area is 112 Å². The number of rotatable bonds is 3. The second kappa shape index (κ2) is 6.41. The van der Waals surface area contributed by atoms with Gasteiger partial charge in [-0.3, -0.25) is 0 Å². The summed E-state index contributed by atoms with van der Waals surface area (Å²) in [6, 6.07) is 0. The number of hydrogen-bond donors (Lipinski definition) is 1. The molecule has 2 heterocycles. The average molecular weight is 266 g/mol. The molecule has 0 radical (unpaired) electrons. The second-order valence-corrected chi connectivity index (χ2v) is 4.39. The SMILES string of the molecule is CC#CCNc1nc(Cl)nc(N2CCCCC2)n1. The normalized spacial score (nSPS) is 14.9. The highest BCUT2D eigenvalue weighted by molar-refractivity contribution is 6.28. The maximum Gasteiger partial charge on any atom is 0.231 e. The molecule has 1 N–H and O–H groups in total. The summed E-state index contributed by atoms with van der Waals surface area (Å²) in [5.41, 5.74) is 0. The predicted octanol–water partition coefficient (Wildman–Crippen LogP) is 1.95. The third kappa shape index (κ3) is 3.47. The first kappa shape index (κ1) is 12.9. The van der Waals surface area contributed by atoms with E-state index in [0.717, 1.165) is 13.1 Å². The van der Waals surface area contributed by atoms with Gasteiger partial charge < -0.3 is 10.2 Å². The molecule has 0 unspecified atom stereocenters. The highest BCUT2D eigenvalue weighted by Gasteiger charge is 2.15. The van der Waals surface area contributed by atoms with Crippen LogP contribution >= 0.6 is 11.6 Å². The van der Waals surface area contributed by atoms with E-state index in [9.17, 15) is 0 Å². The number of aromatic nitrogens is 3. The molecule has 1 aromatic heterocycles. The Kier molecular flexibility index (Phi) is 4.59. The lowest BCUT2D eigenvalue weighted by atomic mass is 10.1. The minimum Gasteiger partial charge on any atom is -0.343 e. The molecule has 0 aliphatic carbocycles.